The first-order valence-electron chi connectivity index (χ1n) is 14.2. The van der Waals surface area contributed by atoms with Crippen LogP contribution in [0.25, 0.3) is 11.1 Å². The summed E-state index contributed by atoms with van der Waals surface area (Å²) in [5, 5.41) is 1.53. The molecule has 0 amide bonds. The van der Waals surface area contributed by atoms with Gasteiger partial charge in [-0.1, -0.05) is 87.3 Å². The Labute approximate surface area is 295 Å². The van der Waals surface area contributed by atoms with Crippen LogP contribution in [0.3, 0.4) is 0 Å². The zero-order valence-electron chi connectivity index (χ0n) is 25.0. The van der Waals surface area contributed by atoms with E-state index in [1.54, 1.807) is 0 Å². The maximum atomic E-state index is 5.86. The Morgan fingerprint density at radius 1 is 0.814 bits per heavy atom. The van der Waals surface area contributed by atoms with E-state index in [1.165, 1.54) is 79.2 Å². The molecule has 0 aliphatic heterocycles. The van der Waals surface area contributed by atoms with Crippen LogP contribution in [0.4, 0.5) is 0 Å². The molecule has 0 bridgehead atoms. The van der Waals surface area contributed by atoms with Crippen LogP contribution in [0, 0.1) is 23.5 Å². The van der Waals surface area contributed by atoms with Crippen molar-refractivity contribution in [2.45, 2.75) is 47.0 Å². The molecule has 0 aromatic heterocycles. The molecule has 1 atom stereocenters. The van der Waals surface area contributed by atoms with Crippen LogP contribution in [-0.2, 0) is 30.7 Å². The Balaban J connectivity index is 0.000000222. The number of hydrogen-bond acceptors (Lipinski definition) is 0. The summed E-state index contributed by atoms with van der Waals surface area (Å²) in [7, 11) is 0. The van der Waals surface area contributed by atoms with Gasteiger partial charge in [0.25, 0.3) is 0 Å². The first-order valence-corrected chi connectivity index (χ1v) is 16.1. The van der Waals surface area contributed by atoms with E-state index in [1.807, 2.05) is 54.6 Å². The summed E-state index contributed by atoms with van der Waals surface area (Å²) in [6, 6.07) is 33.9. The average molecular weight is 726 g/mol. The fraction of sp³-hybridized carbons (Fsp3) is 0.237. The van der Waals surface area contributed by atoms with Crippen LogP contribution < -0.4 is 24.8 Å². The predicted molar refractivity (Wildman–Crippen MR) is 173 cm³/mol. The Morgan fingerprint density at radius 2 is 1.37 bits per heavy atom. The molecule has 0 heterocycles. The van der Waals surface area contributed by atoms with Gasteiger partial charge < -0.3 is 24.8 Å². The number of fused-ring (bicyclic) bond motifs is 3. The van der Waals surface area contributed by atoms with Crippen molar-refractivity contribution in [2.24, 2.45) is 11.3 Å². The third kappa shape index (κ3) is 10.7. The molecule has 0 spiro atoms. The van der Waals surface area contributed by atoms with E-state index in [-0.39, 0.29) is 24.8 Å². The van der Waals surface area contributed by atoms with E-state index in [0.29, 0.717) is 11.3 Å². The second-order valence-electron chi connectivity index (χ2n) is 11.4. The largest absolute Gasteiger partial charge is 1.00 e. The summed E-state index contributed by atoms with van der Waals surface area (Å²) in [6.07, 6.45) is 11.5. The van der Waals surface area contributed by atoms with Crippen LogP contribution in [0.1, 0.15) is 62.8 Å². The molecule has 0 radical (unpaired) electrons. The zero-order valence-corrected chi connectivity index (χ0v) is 30.5. The summed E-state index contributed by atoms with van der Waals surface area (Å²) in [6.45, 7) is 8.99. The third-order valence-corrected chi connectivity index (χ3v) is 9.10. The normalized spacial score (nSPS) is 14.0. The summed E-state index contributed by atoms with van der Waals surface area (Å²) < 4.78 is 1.31. The summed E-state index contributed by atoms with van der Waals surface area (Å²) in [5.41, 5.74) is 9.68. The van der Waals surface area contributed by atoms with Gasteiger partial charge in [0.2, 0.25) is 0 Å². The van der Waals surface area contributed by atoms with Gasteiger partial charge in [-0.2, -0.15) is 41.5 Å². The number of rotatable bonds is 4. The second kappa shape index (κ2) is 17.7. The molecule has 2 aliphatic rings. The molecule has 4 aromatic rings. The molecule has 1 unspecified atom stereocenters. The first kappa shape index (κ1) is 37.5. The molecule has 0 fully saturated rings. The number of benzene rings is 4. The molecule has 0 saturated heterocycles. The second-order valence-corrected chi connectivity index (χ2v) is 13.5. The number of halogens is 4. The molecule has 6 rings (SSSR count). The Morgan fingerprint density at radius 3 is 1.91 bits per heavy atom. The van der Waals surface area contributed by atoms with E-state index >= 15 is 0 Å². The van der Waals surface area contributed by atoms with Crippen molar-refractivity contribution in [3.05, 3.63) is 153 Å². The third-order valence-electron chi connectivity index (χ3n) is 7.18. The van der Waals surface area contributed by atoms with Gasteiger partial charge in [0, 0.05) is 0 Å². The Bertz CT molecular complexity index is 1440. The van der Waals surface area contributed by atoms with E-state index in [4.69, 9.17) is 23.2 Å². The standard InChI is InChI=1S/C13H8Cl2.C13H9.C12H19.2ClH.Zr/c14-12-5-1-10(2-6-12)9-11-3-7-13(15)8-4-11;1-3-7-12-10(5-1)9-11-6-2-4-8-13(11)12;1-5-6-10-7-8-11(9-10)12(2,3)4;;;/h1-8H;1-5,7-8H,9H2;8-10H,5-6H2,1-4H3;2*1H;/q;2*-1;;;+2/p-2. The van der Waals surface area contributed by atoms with E-state index in [9.17, 15) is 0 Å². The SMILES string of the molecule is CCCC1[C-]=CC(C(C)(C)C)=C1.Clc1ccc([C](=[Zr+2])c2ccc(Cl)cc2)cc1.[Cl-].[Cl-].[c-]1cccc2c1Cc1ccccc1-2. The molecular weight excluding hydrogens is 689 g/mol. The van der Waals surface area contributed by atoms with Crippen molar-refractivity contribution < 1.29 is 49.0 Å². The van der Waals surface area contributed by atoms with Crippen molar-refractivity contribution in [2.75, 3.05) is 0 Å². The van der Waals surface area contributed by atoms with Gasteiger partial charge in [-0.25, -0.2) is 6.08 Å². The number of allylic oxidation sites excluding steroid dienone is 4. The van der Waals surface area contributed by atoms with Crippen molar-refractivity contribution >= 4 is 26.4 Å². The average Bonchev–Trinajstić information content (AvgIpc) is 3.60. The molecule has 43 heavy (non-hydrogen) atoms. The summed E-state index contributed by atoms with van der Waals surface area (Å²) in [4.78, 5) is 0. The van der Waals surface area contributed by atoms with E-state index in [0.717, 1.165) is 16.5 Å². The van der Waals surface area contributed by atoms with Gasteiger partial charge in [0.05, 0.1) is 0 Å². The Kier molecular flexibility index (Phi) is 15.4. The fourth-order valence-electron chi connectivity index (χ4n) is 4.85. The van der Waals surface area contributed by atoms with Crippen LogP contribution in [0.15, 0.2) is 109 Å². The van der Waals surface area contributed by atoms with Gasteiger partial charge in [0.15, 0.2) is 0 Å². The minimum absolute atomic E-state index is 0. The van der Waals surface area contributed by atoms with Gasteiger partial charge in [-0.05, 0) is 6.42 Å². The zero-order chi connectivity index (χ0) is 29.4. The van der Waals surface area contributed by atoms with Crippen molar-refractivity contribution in [1.29, 1.82) is 0 Å². The van der Waals surface area contributed by atoms with Crippen molar-refractivity contribution in [3.63, 3.8) is 0 Å². The molecule has 5 heteroatoms. The summed E-state index contributed by atoms with van der Waals surface area (Å²) >= 11 is 13.1. The molecule has 0 saturated carbocycles. The van der Waals surface area contributed by atoms with Gasteiger partial charge >= 0.3 is 120 Å². The van der Waals surface area contributed by atoms with E-state index < -0.39 is 0 Å². The number of hydrogen-bond donors (Lipinski definition) is 0. The quantitative estimate of drug-likeness (QED) is 0.231. The Hall–Kier alpha value is -1.73. The van der Waals surface area contributed by atoms with Crippen molar-refractivity contribution in [3.8, 4) is 11.1 Å². The van der Waals surface area contributed by atoms with Crippen molar-refractivity contribution in [1.82, 2.24) is 0 Å². The van der Waals surface area contributed by atoms with Crippen LogP contribution in [-0.4, -0.2) is 3.21 Å². The molecule has 4 aromatic carbocycles. The van der Waals surface area contributed by atoms with Crippen LogP contribution >= 0.6 is 23.2 Å². The van der Waals surface area contributed by atoms with Gasteiger partial charge in [0.1, 0.15) is 0 Å². The molecular formula is C38H36Cl4Zr-2. The molecule has 2 aliphatic carbocycles. The minimum Gasteiger partial charge on any atom is -1.00 e. The smallest absolute Gasteiger partial charge is 0.0253 e. The maximum Gasteiger partial charge on any atom is -0.0253 e. The molecule has 0 N–H and O–H groups in total. The van der Waals surface area contributed by atoms with Crippen LogP contribution in [0.5, 0.6) is 0 Å². The van der Waals surface area contributed by atoms with Gasteiger partial charge in [-0.15, -0.1) is 5.56 Å². The molecule has 222 valence electrons. The van der Waals surface area contributed by atoms with Gasteiger partial charge in [-0.3, -0.25) is 6.08 Å². The predicted octanol–water partition coefficient (Wildman–Crippen LogP) is 4.92. The minimum atomic E-state index is 0. The monoisotopic (exact) mass is 722 g/mol. The first-order chi connectivity index (χ1) is 19.7. The topological polar surface area (TPSA) is 0 Å². The van der Waals surface area contributed by atoms with E-state index in [2.05, 4.69) is 88.4 Å². The summed E-state index contributed by atoms with van der Waals surface area (Å²) in [5.74, 6) is 0.587. The fourth-order valence-corrected chi connectivity index (χ4v) is 5.92. The maximum absolute atomic E-state index is 5.86. The van der Waals surface area contributed by atoms with Crippen LogP contribution in [0.2, 0.25) is 10.0 Å². The molecule has 0 nitrogen and oxygen atoms in total.